The number of nitrogens with one attached hydrogen (secondary N) is 1. The van der Waals surface area contributed by atoms with Gasteiger partial charge in [0.2, 0.25) is 0 Å². The van der Waals surface area contributed by atoms with Crippen LogP contribution in [0.2, 0.25) is 5.15 Å². The minimum Gasteiger partial charge on any atom is -0.375 e. The summed E-state index contributed by atoms with van der Waals surface area (Å²) < 4.78 is 1.21. The van der Waals surface area contributed by atoms with E-state index in [0.29, 0.717) is 11.2 Å². The predicted octanol–water partition coefficient (Wildman–Crippen LogP) is 5.36. The molecule has 5 heteroatoms. The summed E-state index contributed by atoms with van der Waals surface area (Å²) in [6, 6.07) is 4.56. The molecule has 3 rings (SSSR count). The molecule has 2 aromatic heterocycles. The van der Waals surface area contributed by atoms with Gasteiger partial charge in [-0.3, -0.25) is 0 Å². The zero-order valence-corrected chi connectivity index (χ0v) is 13.7. The van der Waals surface area contributed by atoms with Crippen LogP contribution in [0.15, 0.2) is 22.1 Å². The van der Waals surface area contributed by atoms with Crippen LogP contribution in [0.3, 0.4) is 0 Å². The Bertz CT molecular complexity index is 591. The molecule has 1 unspecified atom stereocenters. The summed E-state index contributed by atoms with van der Waals surface area (Å²) in [4.78, 5) is 5.64. The molecule has 2 heterocycles. The number of thiophene rings is 1. The highest BCUT2D eigenvalue weighted by molar-refractivity contribution is 9.11. The number of hydrogen-bond donors (Lipinski definition) is 1. The third-order valence-corrected chi connectivity index (χ3v) is 5.52. The zero-order chi connectivity index (χ0) is 13.4. The van der Waals surface area contributed by atoms with Crippen molar-refractivity contribution in [2.75, 3.05) is 5.32 Å². The lowest BCUT2D eigenvalue weighted by molar-refractivity contribution is 0.608. The van der Waals surface area contributed by atoms with Crippen LogP contribution in [0.4, 0.5) is 5.69 Å². The molecule has 0 spiro atoms. The van der Waals surface area contributed by atoms with Crippen LogP contribution in [-0.2, 0) is 6.42 Å². The number of hydrogen-bond acceptors (Lipinski definition) is 3. The topological polar surface area (TPSA) is 24.9 Å². The van der Waals surface area contributed by atoms with Crippen LogP contribution in [0.5, 0.6) is 0 Å². The first kappa shape index (κ1) is 13.4. The highest BCUT2D eigenvalue weighted by atomic mass is 79.9. The fraction of sp³-hybridized carbons (Fsp3) is 0.357. The van der Waals surface area contributed by atoms with Crippen LogP contribution in [0, 0.1) is 6.92 Å². The predicted molar refractivity (Wildman–Crippen MR) is 85.3 cm³/mol. The van der Waals surface area contributed by atoms with Crippen LogP contribution >= 0.6 is 38.9 Å². The molecular formula is C14H14BrClN2S. The molecule has 0 saturated carbocycles. The van der Waals surface area contributed by atoms with E-state index in [-0.39, 0.29) is 0 Å². The average molecular weight is 358 g/mol. The molecular weight excluding hydrogens is 344 g/mol. The molecule has 0 aromatic carbocycles. The zero-order valence-electron chi connectivity index (χ0n) is 10.5. The lowest BCUT2D eigenvalue weighted by Gasteiger charge is -2.25. The number of halogens is 2. The van der Waals surface area contributed by atoms with Gasteiger partial charge in [0.1, 0.15) is 0 Å². The van der Waals surface area contributed by atoms with E-state index in [2.05, 4.69) is 39.2 Å². The number of rotatable bonds is 2. The smallest absolute Gasteiger partial charge is 0.152 e. The van der Waals surface area contributed by atoms with Gasteiger partial charge in [0, 0.05) is 11.1 Å². The molecule has 0 aliphatic heterocycles. The first-order chi connectivity index (χ1) is 9.15. The van der Waals surface area contributed by atoms with E-state index in [9.17, 15) is 0 Å². The van der Waals surface area contributed by atoms with Gasteiger partial charge in [0.15, 0.2) is 5.15 Å². The summed E-state index contributed by atoms with van der Waals surface area (Å²) in [5.74, 6) is 0. The molecule has 1 atom stereocenters. The number of fused-ring (bicyclic) bond motifs is 1. The summed E-state index contributed by atoms with van der Waals surface area (Å²) >= 11 is 11.6. The van der Waals surface area contributed by atoms with Gasteiger partial charge in [-0.1, -0.05) is 11.6 Å². The monoisotopic (exact) mass is 356 g/mol. The van der Waals surface area contributed by atoms with Crippen LogP contribution in [-0.4, -0.2) is 4.98 Å². The number of anilines is 1. The SMILES string of the molecule is Cc1ccnc(Cl)c1NC1CCCc2sc(Br)cc21. The van der Waals surface area contributed by atoms with E-state index in [0.717, 1.165) is 17.7 Å². The summed E-state index contributed by atoms with van der Waals surface area (Å²) in [5.41, 5.74) is 3.51. The summed E-state index contributed by atoms with van der Waals surface area (Å²) in [7, 11) is 0. The molecule has 0 radical (unpaired) electrons. The van der Waals surface area contributed by atoms with E-state index in [4.69, 9.17) is 11.6 Å². The van der Waals surface area contributed by atoms with Crippen molar-refractivity contribution in [3.8, 4) is 0 Å². The molecule has 1 aliphatic rings. The molecule has 0 amide bonds. The lowest BCUT2D eigenvalue weighted by atomic mass is 9.94. The fourth-order valence-corrected chi connectivity index (χ4v) is 4.62. The van der Waals surface area contributed by atoms with Gasteiger partial charge in [-0.05, 0) is 65.4 Å². The van der Waals surface area contributed by atoms with E-state index >= 15 is 0 Å². The van der Waals surface area contributed by atoms with Crippen LogP contribution < -0.4 is 5.32 Å². The Morgan fingerprint density at radius 3 is 3.16 bits per heavy atom. The van der Waals surface area contributed by atoms with Crippen molar-refractivity contribution in [1.82, 2.24) is 4.98 Å². The van der Waals surface area contributed by atoms with Crippen molar-refractivity contribution in [3.05, 3.63) is 43.3 Å². The number of nitrogens with zero attached hydrogens (tertiary/aromatic N) is 1. The summed E-state index contributed by atoms with van der Waals surface area (Å²) in [6.45, 7) is 2.06. The van der Waals surface area contributed by atoms with Gasteiger partial charge in [-0.25, -0.2) is 4.98 Å². The third kappa shape index (κ3) is 2.67. The van der Waals surface area contributed by atoms with Gasteiger partial charge in [-0.15, -0.1) is 11.3 Å². The van der Waals surface area contributed by atoms with Gasteiger partial charge in [0.25, 0.3) is 0 Å². The van der Waals surface area contributed by atoms with Crippen molar-refractivity contribution in [1.29, 1.82) is 0 Å². The normalized spacial score (nSPS) is 18.2. The molecule has 0 saturated heterocycles. The Balaban J connectivity index is 1.92. The maximum Gasteiger partial charge on any atom is 0.152 e. The van der Waals surface area contributed by atoms with Crippen molar-refractivity contribution < 1.29 is 0 Å². The Kier molecular flexibility index (Phi) is 3.83. The Hall–Kier alpha value is -0.580. The van der Waals surface area contributed by atoms with Crippen molar-refractivity contribution in [3.63, 3.8) is 0 Å². The Morgan fingerprint density at radius 2 is 2.37 bits per heavy atom. The second kappa shape index (κ2) is 5.43. The molecule has 19 heavy (non-hydrogen) atoms. The summed E-state index contributed by atoms with van der Waals surface area (Å²) in [6.07, 6.45) is 5.29. The second-order valence-corrected chi connectivity index (χ2v) is 7.69. The maximum absolute atomic E-state index is 6.20. The van der Waals surface area contributed by atoms with Gasteiger partial charge < -0.3 is 5.32 Å². The molecule has 2 nitrogen and oxygen atoms in total. The summed E-state index contributed by atoms with van der Waals surface area (Å²) in [5, 5.41) is 4.14. The lowest BCUT2D eigenvalue weighted by Crippen LogP contribution is -2.16. The van der Waals surface area contributed by atoms with Gasteiger partial charge in [0.05, 0.1) is 15.5 Å². The Morgan fingerprint density at radius 1 is 1.53 bits per heavy atom. The largest absolute Gasteiger partial charge is 0.375 e. The minimum atomic E-state index is 0.340. The molecule has 0 bridgehead atoms. The second-order valence-electron chi connectivity index (χ2n) is 4.81. The minimum absolute atomic E-state index is 0.340. The van der Waals surface area contributed by atoms with Crippen LogP contribution in [0.1, 0.15) is 34.9 Å². The van der Waals surface area contributed by atoms with E-state index in [1.54, 1.807) is 6.20 Å². The van der Waals surface area contributed by atoms with Gasteiger partial charge in [-0.2, -0.15) is 0 Å². The van der Waals surface area contributed by atoms with Crippen LogP contribution in [0.25, 0.3) is 0 Å². The highest BCUT2D eigenvalue weighted by Gasteiger charge is 2.23. The van der Waals surface area contributed by atoms with Crippen molar-refractivity contribution in [2.24, 2.45) is 0 Å². The maximum atomic E-state index is 6.20. The van der Waals surface area contributed by atoms with Crippen molar-refractivity contribution in [2.45, 2.75) is 32.2 Å². The number of aryl methyl sites for hydroxylation is 2. The van der Waals surface area contributed by atoms with Crippen molar-refractivity contribution >= 4 is 44.6 Å². The molecule has 1 aliphatic carbocycles. The first-order valence-electron chi connectivity index (χ1n) is 6.31. The van der Waals surface area contributed by atoms with E-state index < -0.39 is 0 Å². The molecule has 100 valence electrons. The first-order valence-corrected chi connectivity index (χ1v) is 8.29. The fourth-order valence-electron chi connectivity index (χ4n) is 2.54. The molecule has 1 N–H and O–H groups in total. The van der Waals surface area contributed by atoms with Gasteiger partial charge >= 0.3 is 0 Å². The number of aromatic nitrogens is 1. The average Bonchev–Trinajstić information content (AvgIpc) is 2.75. The van der Waals surface area contributed by atoms with E-state index in [1.807, 2.05) is 17.4 Å². The highest BCUT2D eigenvalue weighted by Crippen LogP contribution is 2.40. The standard InChI is InChI=1S/C14H14BrClN2S/c1-8-5-6-17-14(16)13(8)18-10-3-2-4-11-9(10)7-12(15)19-11/h5-7,10,18H,2-4H2,1H3. The Labute approximate surface area is 130 Å². The van der Waals surface area contributed by atoms with E-state index in [1.165, 1.54) is 27.1 Å². The number of pyridine rings is 1. The molecule has 0 fully saturated rings. The molecule has 2 aromatic rings. The third-order valence-electron chi connectivity index (χ3n) is 3.52. The quantitative estimate of drug-likeness (QED) is 0.732.